The summed E-state index contributed by atoms with van der Waals surface area (Å²) in [4.78, 5) is 33.1. The Bertz CT molecular complexity index is 459. The van der Waals surface area contributed by atoms with Gasteiger partial charge in [-0.2, -0.15) is 0 Å². The Morgan fingerprint density at radius 2 is 1.79 bits per heavy atom. The van der Waals surface area contributed by atoms with Crippen molar-refractivity contribution in [1.82, 2.24) is 0 Å². The molecule has 19 heavy (non-hydrogen) atoms. The number of carboxylic acid groups (broad SMARTS) is 2. The molecule has 1 atom stereocenters. The van der Waals surface area contributed by atoms with Crippen LogP contribution in [-0.4, -0.2) is 40.0 Å². The van der Waals surface area contributed by atoms with E-state index in [0.717, 1.165) is 4.90 Å². The summed E-state index contributed by atoms with van der Waals surface area (Å²) in [6, 6.07) is 9.01. The summed E-state index contributed by atoms with van der Waals surface area (Å²) in [7, 11) is 0. The summed E-state index contributed by atoms with van der Waals surface area (Å²) in [6.07, 6.45) is -2.21. The number of esters is 1. The first-order chi connectivity index (χ1) is 8.99. The second kappa shape index (κ2) is 7.42. The molecule has 0 fully saturated rings. The fourth-order valence-corrected chi connectivity index (χ4v) is 2.07. The fraction of sp³-hybridized carbons (Fsp3) is 0.250. The molecule has 0 aromatic heterocycles. The smallest absolute Gasteiger partial charge is 0.345 e. The van der Waals surface area contributed by atoms with Gasteiger partial charge in [-0.25, -0.2) is 4.79 Å². The monoisotopic (exact) mass is 284 g/mol. The molecule has 0 saturated carbocycles. The maximum atomic E-state index is 11.1. The highest BCUT2D eigenvalue weighted by molar-refractivity contribution is 7.99. The minimum Gasteiger partial charge on any atom is -0.481 e. The van der Waals surface area contributed by atoms with Crippen LogP contribution in [0.25, 0.3) is 0 Å². The predicted molar refractivity (Wildman–Crippen MR) is 66.9 cm³/mol. The van der Waals surface area contributed by atoms with Crippen molar-refractivity contribution >= 4 is 29.7 Å². The van der Waals surface area contributed by atoms with Gasteiger partial charge in [0.15, 0.2) is 0 Å². The van der Waals surface area contributed by atoms with Gasteiger partial charge in [0.1, 0.15) is 6.42 Å². The highest BCUT2D eigenvalue weighted by atomic mass is 32.2. The second-order valence-electron chi connectivity index (χ2n) is 3.51. The molecular formula is C12H12O6S. The molecule has 0 amide bonds. The van der Waals surface area contributed by atoms with Crippen LogP contribution in [0.4, 0.5) is 0 Å². The minimum absolute atomic E-state index is 0.0186. The van der Waals surface area contributed by atoms with Crippen molar-refractivity contribution in [2.24, 2.45) is 0 Å². The summed E-state index contributed by atoms with van der Waals surface area (Å²) < 4.78 is 4.60. The molecular weight excluding hydrogens is 272 g/mol. The van der Waals surface area contributed by atoms with E-state index < -0.39 is 30.4 Å². The summed E-state index contributed by atoms with van der Waals surface area (Å²) in [5.41, 5.74) is 0. The summed E-state index contributed by atoms with van der Waals surface area (Å²) in [5, 5.41) is 17.3. The van der Waals surface area contributed by atoms with Crippen LogP contribution in [0.1, 0.15) is 6.42 Å². The van der Waals surface area contributed by atoms with Gasteiger partial charge in [0.2, 0.25) is 6.10 Å². The van der Waals surface area contributed by atoms with E-state index in [4.69, 9.17) is 10.2 Å². The predicted octanol–water partition coefficient (Wildman–Crippen LogP) is 1.25. The van der Waals surface area contributed by atoms with Crippen LogP contribution >= 0.6 is 11.8 Å². The van der Waals surface area contributed by atoms with E-state index in [2.05, 4.69) is 4.74 Å². The molecule has 0 heterocycles. The number of carboxylic acids is 2. The van der Waals surface area contributed by atoms with Crippen molar-refractivity contribution in [1.29, 1.82) is 0 Å². The van der Waals surface area contributed by atoms with Crippen LogP contribution in [0.15, 0.2) is 35.2 Å². The average Bonchev–Trinajstić information content (AvgIpc) is 2.34. The number of ether oxygens (including phenoxy) is 1. The van der Waals surface area contributed by atoms with Crippen LogP contribution in [0, 0.1) is 0 Å². The van der Waals surface area contributed by atoms with E-state index in [1.807, 2.05) is 6.07 Å². The van der Waals surface area contributed by atoms with E-state index in [0.29, 0.717) is 0 Å². The Hall–Kier alpha value is -2.02. The number of rotatable bonds is 7. The standard InChI is InChI=1S/C12H12O6S/c13-10(14)6-11(15)18-9(12(16)17)7-19-8-4-2-1-3-5-8/h1-5,9H,6-7H2,(H,13,14)(H,16,17). The lowest BCUT2D eigenvalue weighted by atomic mass is 10.4. The van der Waals surface area contributed by atoms with Gasteiger partial charge >= 0.3 is 17.9 Å². The molecule has 0 spiro atoms. The number of carbonyl (C=O) groups is 3. The molecule has 0 saturated heterocycles. The zero-order chi connectivity index (χ0) is 14.3. The van der Waals surface area contributed by atoms with Crippen LogP contribution < -0.4 is 0 Å². The third-order valence-corrected chi connectivity index (χ3v) is 3.06. The Morgan fingerprint density at radius 3 is 2.32 bits per heavy atom. The zero-order valence-corrected chi connectivity index (χ0v) is 10.6. The van der Waals surface area contributed by atoms with E-state index >= 15 is 0 Å². The van der Waals surface area contributed by atoms with Crippen molar-refractivity contribution < 1.29 is 29.3 Å². The summed E-state index contributed by atoms with van der Waals surface area (Å²) >= 11 is 1.21. The lowest BCUT2D eigenvalue weighted by molar-refractivity contribution is -0.164. The van der Waals surface area contributed by atoms with Gasteiger partial charge in [-0.1, -0.05) is 18.2 Å². The number of thioether (sulfide) groups is 1. The number of hydrogen-bond acceptors (Lipinski definition) is 5. The van der Waals surface area contributed by atoms with Crippen molar-refractivity contribution in [3.8, 4) is 0 Å². The van der Waals surface area contributed by atoms with Crippen molar-refractivity contribution in [2.45, 2.75) is 17.4 Å². The highest BCUT2D eigenvalue weighted by Crippen LogP contribution is 2.19. The molecule has 0 aliphatic heterocycles. The lowest BCUT2D eigenvalue weighted by Gasteiger charge is -2.12. The zero-order valence-electron chi connectivity index (χ0n) is 9.81. The van der Waals surface area contributed by atoms with Crippen LogP contribution in [0.5, 0.6) is 0 Å². The van der Waals surface area contributed by atoms with Gasteiger partial charge in [0.25, 0.3) is 0 Å². The van der Waals surface area contributed by atoms with Crippen LogP contribution in [-0.2, 0) is 19.1 Å². The van der Waals surface area contributed by atoms with Gasteiger partial charge in [0, 0.05) is 10.6 Å². The van der Waals surface area contributed by atoms with Gasteiger partial charge < -0.3 is 14.9 Å². The van der Waals surface area contributed by atoms with Gasteiger partial charge in [-0.05, 0) is 12.1 Å². The molecule has 0 bridgehead atoms. The van der Waals surface area contributed by atoms with E-state index in [-0.39, 0.29) is 5.75 Å². The van der Waals surface area contributed by atoms with Gasteiger partial charge in [0.05, 0.1) is 0 Å². The SMILES string of the molecule is O=C(O)CC(=O)OC(CSc1ccccc1)C(=O)O. The Kier molecular flexibility index (Phi) is 5.87. The average molecular weight is 284 g/mol. The quantitative estimate of drug-likeness (QED) is 0.441. The van der Waals surface area contributed by atoms with Crippen LogP contribution in [0.2, 0.25) is 0 Å². The van der Waals surface area contributed by atoms with Crippen molar-refractivity contribution in [3.63, 3.8) is 0 Å². The molecule has 1 aromatic rings. The van der Waals surface area contributed by atoms with Crippen molar-refractivity contribution in [2.75, 3.05) is 5.75 Å². The first kappa shape index (κ1) is 15.0. The van der Waals surface area contributed by atoms with E-state index in [9.17, 15) is 14.4 Å². The molecule has 0 aliphatic rings. The van der Waals surface area contributed by atoms with E-state index in [1.165, 1.54) is 11.8 Å². The number of aliphatic carboxylic acids is 2. The number of carbonyl (C=O) groups excluding carboxylic acids is 1. The molecule has 6 nitrogen and oxygen atoms in total. The first-order valence-corrected chi connectivity index (χ1v) is 6.29. The Balaban J connectivity index is 2.51. The highest BCUT2D eigenvalue weighted by Gasteiger charge is 2.23. The molecule has 1 aromatic carbocycles. The summed E-state index contributed by atoms with van der Waals surface area (Å²) in [5.74, 6) is -3.70. The molecule has 1 rings (SSSR count). The maximum Gasteiger partial charge on any atom is 0.345 e. The Morgan fingerprint density at radius 1 is 1.16 bits per heavy atom. The normalized spacial score (nSPS) is 11.6. The third-order valence-electron chi connectivity index (χ3n) is 1.99. The summed E-state index contributed by atoms with van der Waals surface area (Å²) in [6.45, 7) is 0. The molecule has 2 N–H and O–H groups in total. The largest absolute Gasteiger partial charge is 0.481 e. The third kappa shape index (κ3) is 5.91. The van der Waals surface area contributed by atoms with E-state index in [1.54, 1.807) is 24.3 Å². The van der Waals surface area contributed by atoms with Crippen molar-refractivity contribution in [3.05, 3.63) is 30.3 Å². The van der Waals surface area contributed by atoms with Gasteiger partial charge in [-0.15, -0.1) is 11.8 Å². The number of hydrogen-bond donors (Lipinski definition) is 2. The van der Waals surface area contributed by atoms with Crippen LogP contribution in [0.3, 0.4) is 0 Å². The second-order valence-corrected chi connectivity index (χ2v) is 4.60. The first-order valence-electron chi connectivity index (χ1n) is 5.31. The topological polar surface area (TPSA) is 101 Å². The molecule has 0 aliphatic carbocycles. The molecule has 102 valence electrons. The fourth-order valence-electron chi connectivity index (χ4n) is 1.17. The minimum atomic E-state index is -1.36. The number of benzene rings is 1. The molecule has 7 heteroatoms. The lowest BCUT2D eigenvalue weighted by Crippen LogP contribution is -2.30. The molecule has 1 unspecified atom stereocenters. The Labute approximate surface area is 113 Å². The maximum absolute atomic E-state index is 11.1. The molecule has 0 radical (unpaired) electrons. The van der Waals surface area contributed by atoms with Gasteiger partial charge in [-0.3, -0.25) is 9.59 Å².